The molecular formula is C15H26N2O+2. The van der Waals surface area contributed by atoms with Crippen molar-refractivity contribution in [1.29, 1.82) is 0 Å². The second-order valence-corrected chi connectivity index (χ2v) is 4.53. The van der Waals surface area contributed by atoms with Crippen LogP contribution in [-0.4, -0.2) is 26.2 Å². The molecule has 0 unspecified atom stereocenters. The summed E-state index contributed by atoms with van der Waals surface area (Å²) in [7, 11) is 0. The molecule has 3 nitrogen and oxygen atoms in total. The van der Waals surface area contributed by atoms with E-state index in [0.717, 1.165) is 44.8 Å². The van der Waals surface area contributed by atoms with Crippen LogP contribution in [0, 0.1) is 6.92 Å². The van der Waals surface area contributed by atoms with Crippen LogP contribution in [0.4, 0.5) is 0 Å². The van der Waals surface area contributed by atoms with Crippen molar-refractivity contribution in [2.24, 2.45) is 0 Å². The van der Waals surface area contributed by atoms with Gasteiger partial charge < -0.3 is 15.8 Å². The van der Waals surface area contributed by atoms with Gasteiger partial charge in [-0.2, -0.15) is 0 Å². The maximum Gasteiger partial charge on any atom is 0.125 e. The van der Waals surface area contributed by atoms with Crippen LogP contribution in [0.1, 0.15) is 17.5 Å². The van der Waals surface area contributed by atoms with Crippen LogP contribution in [0.3, 0.4) is 0 Å². The van der Waals surface area contributed by atoms with Crippen LogP contribution >= 0.6 is 0 Å². The zero-order chi connectivity index (χ0) is 13.2. The van der Waals surface area contributed by atoms with Crippen LogP contribution in [0.25, 0.3) is 0 Å². The number of ether oxygens (including phenoxy) is 1. The molecule has 0 heterocycles. The normalized spacial score (nSPS) is 10.3. The Morgan fingerprint density at radius 3 is 2.94 bits per heavy atom. The first-order valence-corrected chi connectivity index (χ1v) is 6.72. The van der Waals surface area contributed by atoms with Crippen molar-refractivity contribution >= 4 is 0 Å². The van der Waals surface area contributed by atoms with Gasteiger partial charge in [-0.05, 0) is 25.0 Å². The summed E-state index contributed by atoms with van der Waals surface area (Å²) in [6, 6.07) is 6.33. The van der Waals surface area contributed by atoms with Gasteiger partial charge in [-0.25, -0.2) is 0 Å². The Kier molecular flexibility index (Phi) is 7.14. The molecule has 3 heteroatoms. The molecule has 0 aliphatic rings. The minimum Gasteiger partial charge on any atom is -0.493 e. The fourth-order valence-corrected chi connectivity index (χ4v) is 1.86. The number of hydrogen-bond acceptors (Lipinski definition) is 1. The van der Waals surface area contributed by atoms with E-state index in [1.807, 2.05) is 6.08 Å². The predicted octanol–water partition coefficient (Wildman–Crippen LogP) is 0.298. The summed E-state index contributed by atoms with van der Waals surface area (Å²) in [5.74, 6) is 0.998. The van der Waals surface area contributed by atoms with Crippen molar-refractivity contribution in [1.82, 2.24) is 0 Å². The molecule has 0 aromatic heterocycles. The molecule has 0 aliphatic heterocycles. The Morgan fingerprint density at radius 2 is 2.22 bits per heavy atom. The number of hydrogen-bond donors (Lipinski definition) is 2. The number of allylic oxidation sites excluding steroid dienone is 1. The minimum absolute atomic E-state index is 0.779. The SMILES string of the molecule is C=CCc1cc(C)ccc1OCCC[NH2+]CC[NH3+]. The third-order valence-corrected chi connectivity index (χ3v) is 2.80. The molecule has 0 spiro atoms. The summed E-state index contributed by atoms with van der Waals surface area (Å²) in [5.41, 5.74) is 6.31. The van der Waals surface area contributed by atoms with Crippen LogP contribution < -0.4 is 15.8 Å². The third-order valence-electron chi connectivity index (χ3n) is 2.80. The van der Waals surface area contributed by atoms with Crippen molar-refractivity contribution in [2.45, 2.75) is 19.8 Å². The zero-order valence-corrected chi connectivity index (χ0v) is 11.5. The van der Waals surface area contributed by atoms with E-state index in [4.69, 9.17) is 4.74 Å². The van der Waals surface area contributed by atoms with E-state index >= 15 is 0 Å². The van der Waals surface area contributed by atoms with Gasteiger partial charge in [-0.3, -0.25) is 0 Å². The first-order valence-electron chi connectivity index (χ1n) is 6.72. The lowest BCUT2D eigenvalue weighted by Gasteiger charge is -2.11. The fourth-order valence-electron chi connectivity index (χ4n) is 1.86. The summed E-state index contributed by atoms with van der Waals surface area (Å²) in [6.07, 6.45) is 3.86. The van der Waals surface area contributed by atoms with Gasteiger partial charge in [-0.15, -0.1) is 6.58 Å². The number of nitrogens with two attached hydrogens (primary N) is 1. The molecule has 0 saturated heterocycles. The molecule has 0 amide bonds. The van der Waals surface area contributed by atoms with Crippen molar-refractivity contribution in [3.63, 3.8) is 0 Å². The molecule has 0 atom stereocenters. The highest BCUT2D eigenvalue weighted by molar-refractivity contribution is 5.38. The van der Waals surface area contributed by atoms with E-state index in [1.54, 1.807) is 0 Å². The van der Waals surface area contributed by atoms with E-state index in [9.17, 15) is 0 Å². The molecule has 18 heavy (non-hydrogen) atoms. The lowest BCUT2D eigenvalue weighted by Crippen LogP contribution is -2.88. The van der Waals surface area contributed by atoms with Crippen molar-refractivity contribution in [2.75, 3.05) is 26.2 Å². The van der Waals surface area contributed by atoms with Crippen LogP contribution in [0.5, 0.6) is 5.75 Å². The number of aryl methyl sites for hydroxylation is 1. The zero-order valence-electron chi connectivity index (χ0n) is 11.5. The van der Waals surface area contributed by atoms with Gasteiger partial charge in [0.25, 0.3) is 0 Å². The Labute approximate surface area is 110 Å². The van der Waals surface area contributed by atoms with Gasteiger partial charge in [0.15, 0.2) is 0 Å². The Balaban J connectivity index is 2.38. The standard InChI is InChI=1S/C15H24N2O/c1-3-5-14-12-13(2)6-7-15(14)18-11-4-9-17-10-8-16/h3,6-7,12,17H,1,4-5,8-11,16H2,2H3/p+2. The van der Waals surface area contributed by atoms with Crippen molar-refractivity contribution in [3.8, 4) is 5.75 Å². The van der Waals surface area contributed by atoms with E-state index in [-0.39, 0.29) is 0 Å². The summed E-state index contributed by atoms with van der Waals surface area (Å²) in [4.78, 5) is 0. The van der Waals surface area contributed by atoms with Gasteiger partial charge in [0, 0.05) is 6.42 Å². The van der Waals surface area contributed by atoms with E-state index in [1.165, 1.54) is 11.1 Å². The van der Waals surface area contributed by atoms with Gasteiger partial charge in [0.2, 0.25) is 0 Å². The fraction of sp³-hybridized carbons (Fsp3) is 0.467. The average molecular weight is 250 g/mol. The quantitative estimate of drug-likeness (QED) is 0.480. The maximum atomic E-state index is 5.84. The maximum absolute atomic E-state index is 5.84. The molecule has 1 aromatic carbocycles. The van der Waals surface area contributed by atoms with Gasteiger partial charge >= 0.3 is 0 Å². The van der Waals surface area contributed by atoms with Crippen LogP contribution in [0.15, 0.2) is 30.9 Å². The Hall–Kier alpha value is -1.32. The van der Waals surface area contributed by atoms with Crippen LogP contribution in [0.2, 0.25) is 0 Å². The Morgan fingerprint density at radius 1 is 1.39 bits per heavy atom. The highest BCUT2D eigenvalue weighted by Gasteiger charge is 2.02. The summed E-state index contributed by atoms with van der Waals surface area (Å²) in [6.45, 7) is 9.87. The van der Waals surface area contributed by atoms with E-state index < -0.39 is 0 Å². The number of quaternary nitrogens is 2. The largest absolute Gasteiger partial charge is 0.493 e. The second kappa shape index (κ2) is 8.72. The molecule has 0 saturated carbocycles. The summed E-state index contributed by atoms with van der Waals surface area (Å²) >= 11 is 0. The second-order valence-electron chi connectivity index (χ2n) is 4.53. The monoisotopic (exact) mass is 250 g/mol. The first kappa shape index (κ1) is 14.7. The molecule has 0 radical (unpaired) electrons. The van der Waals surface area contributed by atoms with Gasteiger partial charge in [0.1, 0.15) is 18.8 Å². The van der Waals surface area contributed by atoms with E-state index in [0.29, 0.717) is 0 Å². The first-order chi connectivity index (χ1) is 8.77. The smallest absolute Gasteiger partial charge is 0.125 e. The Bertz CT molecular complexity index is 364. The van der Waals surface area contributed by atoms with E-state index in [2.05, 4.69) is 42.8 Å². The van der Waals surface area contributed by atoms with Gasteiger partial charge in [-0.1, -0.05) is 23.8 Å². The molecule has 0 fully saturated rings. The summed E-state index contributed by atoms with van der Waals surface area (Å²) in [5, 5.41) is 2.29. The number of rotatable bonds is 9. The van der Waals surface area contributed by atoms with Crippen LogP contribution in [-0.2, 0) is 6.42 Å². The molecule has 100 valence electrons. The highest BCUT2D eigenvalue weighted by Crippen LogP contribution is 2.20. The highest BCUT2D eigenvalue weighted by atomic mass is 16.5. The number of benzene rings is 1. The lowest BCUT2D eigenvalue weighted by molar-refractivity contribution is -0.670. The molecule has 1 aromatic rings. The van der Waals surface area contributed by atoms with Gasteiger partial charge in [0.05, 0.1) is 13.2 Å². The lowest BCUT2D eigenvalue weighted by atomic mass is 10.1. The topological polar surface area (TPSA) is 53.5 Å². The minimum atomic E-state index is 0.779. The third kappa shape index (κ3) is 5.34. The van der Waals surface area contributed by atoms with Crippen molar-refractivity contribution < 1.29 is 15.8 Å². The molecule has 1 rings (SSSR count). The molecule has 5 N–H and O–H groups in total. The molecule has 0 bridgehead atoms. The van der Waals surface area contributed by atoms with Crippen molar-refractivity contribution in [3.05, 3.63) is 42.0 Å². The molecular weight excluding hydrogens is 224 g/mol. The average Bonchev–Trinajstić information content (AvgIpc) is 2.36. The summed E-state index contributed by atoms with van der Waals surface area (Å²) < 4.78 is 5.84. The molecule has 0 aliphatic carbocycles. The predicted molar refractivity (Wildman–Crippen MR) is 74.6 cm³/mol.